The van der Waals surface area contributed by atoms with Crippen molar-refractivity contribution < 1.29 is 14.0 Å². The van der Waals surface area contributed by atoms with E-state index in [4.69, 9.17) is 0 Å². The lowest BCUT2D eigenvalue weighted by atomic mass is 10.0. The van der Waals surface area contributed by atoms with Crippen molar-refractivity contribution in [2.24, 2.45) is 0 Å². The molecule has 0 aliphatic carbocycles. The van der Waals surface area contributed by atoms with Crippen LogP contribution in [0.25, 0.3) is 0 Å². The molecular weight excluding hydrogens is 449 g/mol. The molecule has 35 heavy (non-hydrogen) atoms. The Balaban J connectivity index is 1.13. The Morgan fingerprint density at radius 2 is 1.91 bits per heavy atom. The van der Waals surface area contributed by atoms with Gasteiger partial charge in [0.15, 0.2) is 0 Å². The third-order valence-electron chi connectivity index (χ3n) is 7.03. The highest BCUT2D eigenvalue weighted by Crippen LogP contribution is 2.31. The van der Waals surface area contributed by atoms with E-state index in [1.54, 1.807) is 29.4 Å². The lowest BCUT2D eigenvalue weighted by Gasteiger charge is -2.40. The molecule has 0 saturated carbocycles. The molecular formula is C25H24FN7O2. The molecule has 0 unspecified atom stereocenters. The molecule has 6 rings (SSSR count). The number of aromatic nitrogens is 3. The lowest BCUT2D eigenvalue weighted by Crippen LogP contribution is -2.50. The Bertz CT molecular complexity index is 1310. The summed E-state index contributed by atoms with van der Waals surface area (Å²) < 4.78 is 13.5. The maximum Gasteiger partial charge on any atom is 0.322 e. The third kappa shape index (κ3) is 3.94. The molecule has 0 radical (unpaired) electrons. The first kappa shape index (κ1) is 21.5. The van der Waals surface area contributed by atoms with Gasteiger partial charge in [-0.05, 0) is 49.1 Å². The summed E-state index contributed by atoms with van der Waals surface area (Å²) in [5.41, 5.74) is 3.71. The van der Waals surface area contributed by atoms with Crippen molar-refractivity contribution >= 4 is 29.1 Å². The summed E-state index contributed by atoms with van der Waals surface area (Å²) in [4.78, 5) is 44.3. The molecule has 9 nitrogen and oxygen atoms in total. The second-order valence-electron chi connectivity index (χ2n) is 9.05. The van der Waals surface area contributed by atoms with Gasteiger partial charge in [0.05, 0.1) is 12.2 Å². The van der Waals surface area contributed by atoms with Crippen LogP contribution in [0.5, 0.6) is 0 Å². The largest absolute Gasteiger partial charge is 0.356 e. The summed E-state index contributed by atoms with van der Waals surface area (Å²) >= 11 is 0. The van der Waals surface area contributed by atoms with Gasteiger partial charge in [-0.15, -0.1) is 0 Å². The zero-order valence-electron chi connectivity index (χ0n) is 19.0. The maximum atomic E-state index is 13.5. The molecule has 3 aliphatic heterocycles. The van der Waals surface area contributed by atoms with Crippen LogP contribution >= 0.6 is 0 Å². The summed E-state index contributed by atoms with van der Waals surface area (Å²) in [5, 5.41) is 2.96. The average Bonchev–Trinajstić information content (AvgIpc) is 3.31. The minimum absolute atomic E-state index is 0.0807. The monoisotopic (exact) mass is 473 g/mol. The molecule has 0 spiro atoms. The van der Waals surface area contributed by atoms with E-state index < -0.39 is 0 Å². The molecule has 178 valence electrons. The number of urea groups is 1. The molecule has 1 N–H and O–H groups in total. The van der Waals surface area contributed by atoms with Crippen LogP contribution in [0.2, 0.25) is 0 Å². The van der Waals surface area contributed by atoms with Crippen LogP contribution in [0.3, 0.4) is 0 Å². The summed E-state index contributed by atoms with van der Waals surface area (Å²) in [5.74, 6) is 0.179. The fourth-order valence-corrected chi connectivity index (χ4v) is 5.18. The second-order valence-corrected chi connectivity index (χ2v) is 9.05. The average molecular weight is 474 g/mol. The molecule has 3 amide bonds. The third-order valence-corrected chi connectivity index (χ3v) is 7.03. The molecule has 10 heteroatoms. The SMILES string of the molecule is O=C(c1cc(N2CCC(N3Cc4cnccc4NC3=O)CC2)ncn1)N1CCc2cc(F)ccc21. The fourth-order valence-electron chi connectivity index (χ4n) is 5.18. The topological polar surface area (TPSA) is 94.6 Å². The highest BCUT2D eigenvalue weighted by molar-refractivity contribution is 6.06. The van der Waals surface area contributed by atoms with Gasteiger partial charge in [-0.25, -0.2) is 19.2 Å². The van der Waals surface area contributed by atoms with Crippen molar-refractivity contribution in [1.29, 1.82) is 0 Å². The molecule has 0 bridgehead atoms. The van der Waals surface area contributed by atoms with Crippen molar-refractivity contribution in [2.75, 3.05) is 34.8 Å². The smallest absolute Gasteiger partial charge is 0.322 e. The molecule has 2 aromatic heterocycles. The van der Waals surface area contributed by atoms with Crippen LogP contribution in [0, 0.1) is 5.82 Å². The zero-order chi connectivity index (χ0) is 23.9. The number of nitrogens with one attached hydrogen (secondary N) is 1. The number of anilines is 3. The lowest BCUT2D eigenvalue weighted by molar-refractivity contribution is 0.0984. The molecule has 1 aromatic carbocycles. The van der Waals surface area contributed by atoms with Gasteiger partial charge in [0.2, 0.25) is 0 Å². The van der Waals surface area contributed by atoms with E-state index in [0.29, 0.717) is 44.1 Å². The van der Waals surface area contributed by atoms with E-state index in [1.807, 2.05) is 11.0 Å². The highest BCUT2D eigenvalue weighted by atomic mass is 19.1. The van der Waals surface area contributed by atoms with Gasteiger partial charge in [0.25, 0.3) is 5.91 Å². The predicted molar refractivity (Wildman–Crippen MR) is 128 cm³/mol. The number of rotatable bonds is 3. The van der Waals surface area contributed by atoms with Gasteiger partial charge in [-0.2, -0.15) is 0 Å². The van der Waals surface area contributed by atoms with Crippen molar-refractivity contribution in [3.05, 3.63) is 71.7 Å². The quantitative estimate of drug-likeness (QED) is 0.628. The Morgan fingerprint density at radius 3 is 2.77 bits per heavy atom. The van der Waals surface area contributed by atoms with E-state index in [9.17, 15) is 14.0 Å². The first-order valence-electron chi connectivity index (χ1n) is 11.7. The molecule has 1 fully saturated rings. The number of pyridine rings is 1. The Morgan fingerprint density at radius 1 is 1.06 bits per heavy atom. The van der Waals surface area contributed by atoms with Crippen LogP contribution in [0.1, 0.15) is 34.5 Å². The zero-order valence-corrected chi connectivity index (χ0v) is 19.0. The number of amides is 3. The molecule has 5 heterocycles. The summed E-state index contributed by atoms with van der Waals surface area (Å²) in [6.07, 6.45) is 7.10. The van der Waals surface area contributed by atoms with Gasteiger partial charge in [-0.3, -0.25) is 9.78 Å². The van der Waals surface area contributed by atoms with Crippen molar-refractivity contribution in [3.63, 3.8) is 0 Å². The van der Waals surface area contributed by atoms with Crippen LogP contribution in [-0.4, -0.2) is 57.5 Å². The number of piperidine rings is 1. The van der Waals surface area contributed by atoms with Gasteiger partial charge in [0, 0.05) is 55.4 Å². The van der Waals surface area contributed by atoms with Gasteiger partial charge >= 0.3 is 6.03 Å². The number of carbonyl (C=O) groups is 2. The van der Waals surface area contributed by atoms with Crippen LogP contribution in [0.15, 0.2) is 49.1 Å². The first-order chi connectivity index (χ1) is 17.1. The van der Waals surface area contributed by atoms with E-state index in [1.165, 1.54) is 18.5 Å². The minimum Gasteiger partial charge on any atom is -0.356 e. The number of fused-ring (bicyclic) bond motifs is 2. The van der Waals surface area contributed by atoms with E-state index in [2.05, 4.69) is 25.2 Å². The summed E-state index contributed by atoms with van der Waals surface area (Å²) in [6.45, 7) is 2.47. The molecule has 3 aliphatic rings. The molecule has 0 atom stereocenters. The molecule has 3 aromatic rings. The van der Waals surface area contributed by atoms with Crippen LogP contribution in [0.4, 0.5) is 26.4 Å². The van der Waals surface area contributed by atoms with Crippen molar-refractivity contribution in [3.8, 4) is 0 Å². The number of benzene rings is 1. The first-order valence-corrected chi connectivity index (χ1v) is 11.7. The Labute approximate surface area is 201 Å². The second kappa shape index (κ2) is 8.61. The summed E-state index contributed by atoms with van der Waals surface area (Å²) in [7, 11) is 0. The van der Waals surface area contributed by atoms with E-state index >= 15 is 0 Å². The normalized spacial score (nSPS) is 17.7. The van der Waals surface area contributed by atoms with Crippen molar-refractivity contribution in [2.45, 2.75) is 31.8 Å². The van der Waals surface area contributed by atoms with E-state index in [0.717, 1.165) is 35.3 Å². The van der Waals surface area contributed by atoms with E-state index in [-0.39, 0.29) is 23.8 Å². The fraction of sp³-hybridized carbons (Fsp3) is 0.320. The van der Waals surface area contributed by atoms with Crippen LogP contribution < -0.4 is 15.1 Å². The highest BCUT2D eigenvalue weighted by Gasteiger charge is 2.32. The van der Waals surface area contributed by atoms with Gasteiger partial charge < -0.3 is 20.0 Å². The number of nitrogens with zero attached hydrogens (tertiary/aromatic N) is 6. The Hall–Kier alpha value is -4.08. The number of halogens is 1. The van der Waals surface area contributed by atoms with Crippen molar-refractivity contribution in [1.82, 2.24) is 19.9 Å². The number of carbonyl (C=O) groups excluding carboxylic acids is 2. The number of hydrogen-bond donors (Lipinski definition) is 1. The standard InChI is InChI=1S/C25H24FN7O2/c26-18-1-2-22-16(11-18)4-10-32(22)24(34)21-12-23(29-15-28-21)31-8-5-19(6-9-31)33-14-17-13-27-7-3-20(17)30-25(33)35/h1-3,7,11-13,15,19H,4-6,8-10,14H2,(H,30,35). The van der Waals surface area contributed by atoms with Gasteiger partial charge in [-0.1, -0.05) is 0 Å². The number of hydrogen-bond acceptors (Lipinski definition) is 6. The summed E-state index contributed by atoms with van der Waals surface area (Å²) in [6, 6.07) is 8.08. The predicted octanol–water partition coefficient (Wildman–Crippen LogP) is 3.23. The van der Waals surface area contributed by atoms with Gasteiger partial charge in [0.1, 0.15) is 23.7 Å². The minimum atomic E-state index is -0.298. The van der Waals surface area contributed by atoms with Crippen LogP contribution in [-0.2, 0) is 13.0 Å². The maximum absolute atomic E-state index is 13.5. The molecule has 1 saturated heterocycles. The Kier molecular flexibility index (Phi) is 5.28.